The van der Waals surface area contributed by atoms with Crippen LogP contribution < -0.4 is 5.11 Å². The third-order valence-corrected chi connectivity index (χ3v) is 3.58. The molecular formula is C9H14NO4-. The Bertz CT molecular complexity index is 257. The van der Waals surface area contributed by atoms with E-state index < -0.39 is 24.1 Å². The summed E-state index contributed by atoms with van der Waals surface area (Å²) in [4.78, 5) is 12.7. The number of carbonyl (C=O) groups is 1. The third-order valence-electron chi connectivity index (χ3n) is 3.58. The van der Waals surface area contributed by atoms with Gasteiger partial charge >= 0.3 is 0 Å². The topological polar surface area (TPSA) is 83.8 Å². The summed E-state index contributed by atoms with van der Waals surface area (Å²) in [5.41, 5.74) is 0. The molecule has 2 bridgehead atoms. The Morgan fingerprint density at radius 2 is 2.07 bits per heavy atom. The fourth-order valence-electron chi connectivity index (χ4n) is 2.58. The van der Waals surface area contributed by atoms with Gasteiger partial charge in [-0.05, 0) is 19.9 Å². The number of aliphatic hydroxyl groups excluding tert-OH is 2. The summed E-state index contributed by atoms with van der Waals surface area (Å²) in [6.45, 7) is 0. The van der Waals surface area contributed by atoms with Crippen molar-refractivity contribution >= 4 is 5.97 Å². The van der Waals surface area contributed by atoms with E-state index >= 15 is 0 Å². The van der Waals surface area contributed by atoms with Crippen LogP contribution in [-0.4, -0.2) is 52.4 Å². The zero-order valence-corrected chi connectivity index (χ0v) is 7.96. The number of aliphatic hydroxyl groups is 2. The predicted molar refractivity (Wildman–Crippen MR) is 45.1 cm³/mol. The van der Waals surface area contributed by atoms with Crippen molar-refractivity contribution in [1.82, 2.24) is 4.90 Å². The Morgan fingerprint density at radius 3 is 2.57 bits per heavy atom. The van der Waals surface area contributed by atoms with E-state index in [1.54, 1.807) is 0 Å². The molecule has 0 spiro atoms. The Balaban J connectivity index is 2.21. The van der Waals surface area contributed by atoms with Gasteiger partial charge in [-0.1, -0.05) is 0 Å². The van der Waals surface area contributed by atoms with Gasteiger partial charge in [0, 0.05) is 18.1 Å². The summed E-state index contributed by atoms with van der Waals surface area (Å²) >= 11 is 0. The molecule has 5 heteroatoms. The van der Waals surface area contributed by atoms with Crippen LogP contribution in [0, 0.1) is 5.92 Å². The minimum Gasteiger partial charge on any atom is -0.550 e. The van der Waals surface area contributed by atoms with Gasteiger partial charge in [0.1, 0.15) is 0 Å². The fraction of sp³-hybridized carbons (Fsp3) is 0.889. The lowest BCUT2D eigenvalue weighted by Crippen LogP contribution is -2.58. The van der Waals surface area contributed by atoms with Crippen molar-refractivity contribution in [1.29, 1.82) is 0 Å². The largest absolute Gasteiger partial charge is 0.550 e. The van der Waals surface area contributed by atoms with E-state index in [1.165, 1.54) is 0 Å². The van der Waals surface area contributed by atoms with E-state index in [9.17, 15) is 20.1 Å². The smallest absolute Gasteiger partial charge is 0.0801 e. The molecule has 0 radical (unpaired) electrons. The number of carbonyl (C=O) groups excluding carboxylic acids is 1. The molecule has 0 aromatic heterocycles. The van der Waals surface area contributed by atoms with Crippen LogP contribution in [0.1, 0.15) is 12.8 Å². The van der Waals surface area contributed by atoms with Gasteiger partial charge in [-0.25, -0.2) is 0 Å². The number of nitrogens with zero attached hydrogens (tertiary/aromatic N) is 1. The van der Waals surface area contributed by atoms with E-state index in [-0.39, 0.29) is 12.1 Å². The number of rotatable bonds is 1. The molecule has 1 aliphatic carbocycles. The molecule has 0 aromatic rings. The number of hydrogen-bond acceptors (Lipinski definition) is 5. The van der Waals surface area contributed by atoms with Crippen LogP contribution in [-0.2, 0) is 4.79 Å². The maximum Gasteiger partial charge on any atom is 0.0801 e. The zero-order valence-electron chi connectivity index (χ0n) is 7.96. The van der Waals surface area contributed by atoms with Gasteiger partial charge in [0.15, 0.2) is 0 Å². The van der Waals surface area contributed by atoms with Crippen LogP contribution in [0.25, 0.3) is 0 Å². The lowest BCUT2D eigenvalue weighted by Gasteiger charge is -2.46. The molecule has 2 aliphatic heterocycles. The molecule has 0 aromatic carbocycles. The van der Waals surface area contributed by atoms with Crippen molar-refractivity contribution in [3.8, 4) is 0 Å². The van der Waals surface area contributed by atoms with Crippen molar-refractivity contribution in [3.63, 3.8) is 0 Å². The quantitative estimate of drug-likeness (QED) is 0.491. The van der Waals surface area contributed by atoms with Gasteiger partial charge < -0.3 is 20.1 Å². The molecule has 5 nitrogen and oxygen atoms in total. The number of carboxylic acids is 1. The van der Waals surface area contributed by atoms with Crippen LogP contribution in [0.2, 0.25) is 0 Å². The fourth-order valence-corrected chi connectivity index (χ4v) is 2.58. The van der Waals surface area contributed by atoms with Gasteiger partial charge in [-0.2, -0.15) is 0 Å². The third kappa shape index (κ3) is 1.24. The predicted octanol–water partition coefficient (Wildman–Crippen LogP) is -2.45. The first-order valence-corrected chi connectivity index (χ1v) is 4.81. The SMILES string of the molecule is CN1[C@H]2C[C@@H](O)[C@H](C(=O)[O-])C(O)[C@@H]1C2. The van der Waals surface area contributed by atoms with Gasteiger partial charge in [-0.15, -0.1) is 0 Å². The number of aliphatic carboxylic acids is 1. The highest BCUT2D eigenvalue weighted by molar-refractivity contribution is 5.69. The standard InChI is InChI=1S/C9H15NO4/c1-10-4-2-5(10)8(12)7(9(13)14)6(11)3-4/h4-8,11-12H,2-3H2,1H3,(H,13,14)/p-1/t4-,5+,6-,7+,8?/m1/s1. The average Bonchev–Trinajstić information content (AvgIpc) is 2.27. The van der Waals surface area contributed by atoms with Crippen LogP contribution in [0.3, 0.4) is 0 Å². The minimum atomic E-state index is -1.36. The zero-order chi connectivity index (χ0) is 10.5. The molecule has 80 valence electrons. The molecule has 2 saturated heterocycles. The summed E-state index contributed by atoms with van der Waals surface area (Å²) in [6.07, 6.45) is -0.838. The van der Waals surface area contributed by atoms with E-state index in [0.717, 1.165) is 6.42 Å². The highest BCUT2D eigenvalue weighted by Gasteiger charge is 2.49. The summed E-state index contributed by atoms with van der Waals surface area (Å²) in [5, 5.41) is 30.1. The Kier molecular flexibility index (Phi) is 2.25. The first-order chi connectivity index (χ1) is 6.52. The second-order valence-corrected chi connectivity index (χ2v) is 4.26. The Morgan fingerprint density at radius 1 is 1.43 bits per heavy atom. The molecule has 2 N–H and O–H groups in total. The maximum atomic E-state index is 10.7. The van der Waals surface area contributed by atoms with Gasteiger partial charge in [-0.3, -0.25) is 4.90 Å². The molecule has 3 aliphatic rings. The lowest BCUT2D eigenvalue weighted by molar-refractivity contribution is -0.317. The number of likely N-dealkylation sites (N-methyl/N-ethyl adjacent to an activating group) is 1. The molecule has 2 heterocycles. The average molecular weight is 200 g/mol. The lowest BCUT2D eigenvalue weighted by atomic mass is 9.89. The van der Waals surface area contributed by atoms with E-state index in [2.05, 4.69) is 0 Å². The van der Waals surface area contributed by atoms with Gasteiger partial charge in [0.25, 0.3) is 0 Å². The van der Waals surface area contributed by atoms with Crippen LogP contribution in [0.4, 0.5) is 0 Å². The second-order valence-electron chi connectivity index (χ2n) is 4.26. The van der Waals surface area contributed by atoms with E-state index in [0.29, 0.717) is 6.42 Å². The molecular weight excluding hydrogens is 186 g/mol. The first-order valence-electron chi connectivity index (χ1n) is 4.81. The van der Waals surface area contributed by atoms with E-state index in [1.807, 2.05) is 11.9 Å². The molecule has 0 amide bonds. The normalized spacial score (nSPS) is 48.1. The molecule has 1 saturated carbocycles. The summed E-state index contributed by atoms with van der Waals surface area (Å²) < 4.78 is 0. The van der Waals surface area contributed by atoms with Crippen molar-refractivity contribution in [3.05, 3.63) is 0 Å². The molecule has 1 unspecified atom stereocenters. The van der Waals surface area contributed by atoms with E-state index in [4.69, 9.17) is 0 Å². The van der Waals surface area contributed by atoms with Crippen LogP contribution >= 0.6 is 0 Å². The van der Waals surface area contributed by atoms with Gasteiger partial charge in [0.2, 0.25) is 0 Å². The first kappa shape index (κ1) is 9.89. The highest BCUT2D eigenvalue weighted by atomic mass is 16.4. The highest BCUT2D eigenvalue weighted by Crippen LogP contribution is 2.37. The molecule has 3 rings (SSSR count). The van der Waals surface area contributed by atoms with Gasteiger partial charge in [0.05, 0.1) is 18.1 Å². The summed E-state index contributed by atoms with van der Waals surface area (Å²) in [7, 11) is 1.84. The summed E-state index contributed by atoms with van der Waals surface area (Å²) in [6, 6.07) is 0.0639. The second kappa shape index (κ2) is 3.18. The molecule has 14 heavy (non-hydrogen) atoms. The Hall–Kier alpha value is -0.650. The van der Waals surface area contributed by atoms with Crippen molar-refractivity contribution in [2.24, 2.45) is 5.92 Å². The molecule has 3 fully saturated rings. The van der Waals surface area contributed by atoms with Crippen molar-refractivity contribution in [2.75, 3.05) is 7.05 Å². The van der Waals surface area contributed by atoms with Crippen LogP contribution in [0.15, 0.2) is 0 Å². The number of hydrogen-bond donors (Lipinski definition) is 2. The number of carboxylic acid groups (broad SMARTS) is 1. The minimum absolute atomic E-state index is 0.139. The monoisotopic (exact) mass is 200 g/mol. The summed E-state index contributed by atoms with van der Waals surface area (Å²) in [5.74, 6) is -2.50. The van der Waals surface area contributed by atoms with Crippen LogP contribution in [0.5, 0.6) is 0 Å². The maximum absolute atomic E-state index is 10.7. The number of fused-ring (bicyclic) bond motifs is 3. The Labute approximate surface area is 82.0 Å². The van der Waals surface area contributed by atoms with Crippen molar-refractivity contribution in [2.45, 2.75) is 37.1 Å². The van der Waals surface area contributed by atoms with Crippen molar-refractivity contribution < 1.29 is 20.1 Å². The molecule has 5 atom stereocenters.